The van der Waals surface area contributed by atoms with Gasteiger partial charge in [-0.2, -0.15) is 0 Å². The van der Waals surface area contributed by atoms with Crippen LogP contribution in [0.15, 0.2) is 16.6 Å². The van der Waals surface area contributed by atoms with Crippen LogP contribution in [0.25, 0.3) is 0 Å². The van der Waals surface area contributed by atoms with E-state index in [0.717, 1.165) is 48.1 Å². The van der Waals surface area contributed by atoms with Gasteiger partial charge in [-0.15, -0.1) is 0 Å². The molecule has 0 aromatic heterocycles. The number of rotatable bonds is 3. The van der Waals surface area contributed by atoms with E-state index < -0.39 is 6.04 Å². The van der Waals surface area contributed by atoms with E-state index in [-0.39, 0.29) is 30.5 Å². The summed E-state index contributed by atoms with van der Waals surface area (Å²) in [5.41, 5.74) is 2.66. The Morgan fingerprint density at radius 2 is 2.00 bits per heavy atom. The minimum absolute atomic E-state index is 0.0458. The quantitative estimate of drug-likeness (QED) is 0.760. The van der Waals surface area contributed by atoms with E-state index >= 15 is 0 Å². The Balaban J connectivity index is 1.52. The smallest absolute Gasteiger partial charge is 0.255 e. The maximum absolute atomic E-state index is 12.8. The number of fused-ring (bicyclic) bond motifs is 1. The summed E-state index contributed by atoms with van der Waals surface area (Å²) in [6.45, 7) is 2.99. The van der Waals surface area contributed by atoms with Crippen LogP contribution in [0.1, 0.15) is 54.9 Å². The molecule has 26 heavy (non-hydrogen) atoms. The second-order valence-corrected chi connectivity index (χ2v) is 7.90. The molecule has 1 aromatic rings. The van der Waals surface area contributed by atoms with Crippen LogP contribution in [0.5, 0.6) is 0 Å². The Labute approximate surface area is 162 Å². The third-order valence-electron chi connectivity index (χ3n) is 5.42. The predicted molar refractivity (Wildman–Crippen MR) is 99.3 cm³/mol. The zero-order valence-corrected chi connectivity index (χ0v) is 16.0. The van der Waals surface area contributed by atoms with Gasteiger partial charge in [-0.25, -0.2) is 0 Å². The van der Waals surface area contributed by atoms with Crippen molar-refractivity contribution in [3.05, 3.63) is 33.3 Å². The average molecular weight is 421 g/mol. The zero-order chi connectivity index (χ0) is 19.1. The Morgan fingerprint density at radius 1 is 1.23 bits per heavy atom. The van der Waals surface area contributed by atoms with Crippen molar-refractivity contribution in [3.63, 3.8) is 0 Å². The summed E-state index contributed by atoms with van der Waals surface area (Å²) in [4.78, 5) is 40.3. The number of hydrogen-bond acceptors (Lipinski definition) is 4. The van der Waals surface area contributed by atoms with Crippen molar-refractivity contribution in [2.45, 2.75) is 51.2 Å². The summed E-state index contributed by atoms with van der Waals surface area (Å²) < 4.78 is 8.75. The Bertz CT molecular complexity index is 808. The third-order valence-corrected chi connectivity index (χ3v) is 6.41. The molecular weight excluding hydrogens is 398 g/mol. The van der Waals surface area contributed by atoms with Crippen LogP contribution in [0.3, 0.4) is 0 Å². The van der Waals surface area contributed by atoms with Crippen molar-refractivity contribution in [1.82, 2.24) is 15.1 Å². The maximum atomic E-state index is 12.8. The van der Waals surface area contributed by atoms with Crippen LogP contribution in [0.4, 0.5) is 0 Å². The molecule has 0 saturated carbocycles. The minimum atomic E-state index is -0.589. The molecule has 0 radical (unpaired) electrons. The normalized spacial score (nSPS) is 25.3. The third kappa shape index (κ3) is 3.18. The van der Waals surface area contributed by atoms with Gasteiger partial charge in [-0.05, 0) is 49.5 Å². The first-order valence-electron chi connectivity index (χ1n) is 9.61. The molecule has 6 nitrogen and oxygen atoms in total. The number of nitrogens with one attached hydrogen (secondary N) is 1. The predicted octanol–water partition coefficient (Wildman–Crippen LogP) is 2.20. The summed E-state index contributed by atoms with van der Waals surface area (Å²) >= 11 is 3.68. The summed E-state index contributed by atoms with van der Waals surface area (Å²) in [5, 5.41) is 2.33. The number of imide groups is 1. The molecule has 1 unspecified atom stereocenters. The minimum Gasteiger partial charge on any atom is -0.322 e. The molecule has 1 N–H and O–H groups in total. The van der Waals surface area contributed by atoms with E-state index in [9.17, 15) is 14.4 Å². The van der Waals surface area contributed by atoms with Crippen LogP contribution < -0.4 is 5.32 Å². The van der Waals surface area contributed by atoms with Crippen molar-refractivity contribution in [2.75, 3.05) is 13.1 Å². The SMILES string of the molecule is [2H]C1CCN(Cc2ccc3c(c2Br)CN(C2CCC(=O)NC2=O)C3=O)CC1. The summed E-state index contributed by atoms with van der Waals surface area (Å²) in [6.07, 6.45) is 2.46. The number of amides is 3. The van der Waals surface area contributed by atoms with Gasteiger partial charge in [0.2, 0.25) is 11.8 Å². The second kappa shape index (κ2) is 7.12. The number of nitrogens with zero attached hydrogens (tertiary/aromatic N) is 2. The van der Waals surface area contributed by atoms with Crippen LogP contribution in [0.2, 0.25) is 0 Å². The van der Waals surface area contributed by atoms with Crippen molar-refractivity contribution in [2.24, 2.45) is 0 Å². The highest BCUT2D eigenvalue weighted by atomic mass is 79.9. The number of piperidine rings is 2. The molecule has 4 rings (SSSR count). The van der Waals surface area contributed by atoms with E-state index in [1.165, 1.54) is 0 Å². The highest BCUT2D eigenvalue weighted by Crippen LogP contribution is 2.35. The molecule has 0 aliphatic carbocycles. The molecule has 0 bridgehead atoms. The number of benzene rings is 1. The lowest BCUT2D eigenvalue weighted by Crippen LogP contribution is -2.52. The molecule has 3 aliphatic heterocycles. The van der Waals surface area contributed by atoms with Crippen LogP contribution in [-0.2, 0) is 22.7 Å². The van der Waals surface area contributed by atoms with Gasteiger partial charge in [-0.3, -0.25) is 24.6 Å². The van der Waals surface area contributed by atoms with Gasteiger partial charge in [0.05, 0.1) is 0 Å². The molecule has 2 saturated heterocycles. The summed E-state index contributed by atoms with van der Waals surface area (Å²) in [5.74, 6) is -0.816. The molecule has 0 spiro atoms. The molecular formula is C19H22BrN3O3. The zero-order valence-electron chi connectivity index (χ0n) is 15.5. The standard InChI is InChI=1S/C19H22BrN3O3/c20-17-12(10-22-8-2-1-3-9-22)4-5-13-14(17)11-23(19(13)26)15-6-7-16(24)21-18(15)25/h4-5,15H,1-3,6-11H2,(H,21,24,25)/i1D. The van der Waals surface area contributed by atoms with Crippen LogP contribution >= 0.6 is 15.9 Å². The molecule has 1 aromatic carbocycles. The largest absolute Gasteiger partial charge is 0.322 e. The van der Waals surface area contributed by atoms with E-state index in [2.05, 4.69) is 26.1 Å². The molecule has 1 atom stereocenters. The van der Waals surface area contributed by atoms with Gasteiger partial charge < -0.3 is 4.90 Å². The first kappa shape index (κ1) is 16.4. The highest BCUT2D eigenvalue weighted by Gasteiger charge is 2.40. The van der Waals surface area contributed by atoms with Crippen LogP contribution in [0, 0.1) is 0 Å². The van der Waals surface area contributed by atoms with Crippen molar-refractivity contribution in [3.8, 4) is 0 Å². The number of carbonyl (C=O) groups is 3. The highest BCUT2D eigenvalue weighted by molar-refractivity contribution is 9.10. The molecule has 3 amide bonds. The van der Waals surface area contributed by atoms with Gasteiger partial charge in [0.25, 0.3) is 5.91 Å². The average Bonchev–Trinajstić information content (AvgIpc) is 2.97. The number of carbonyl (C=O) groups excluding carboxylic acids is 3. The second-order valence-electron chi connectivity index (χ2n) is 7.11. The number of hydrogen-bond donors (Lipinski definition) is 1. The molecule has 2 fully saturated rings. The number of halogens is 1. The van der Waals surface area contributed by atoms with Crippen molar-refractivity contribution in [1.29, 1.82) is 0 Å². The van der Waals surface area contributed by atoms with Gasteiger partial charge in [-0.1, -0.05) is 28.4 Å². The van der Waals surface area contributed by atoms with Crippen LogP contribution in [-0.4, -0.2) is 46.7 Å². The Morgan fingerprint density at radius 3 is 2.73 bits per heavy atom. The summed E-state index contributed by atoms with van der Waals surface area (Å²) in [7, 11) is 0. The van der Waals surface area contributed by atoms with Gasteiger partial charge in [0, 0.05) is 30.9 Å². The number of likely N-dealkylation sites (tertiary alicyclic amines) is 1. The lowest BCUT2D eigenvalue weighted by Gasteiger charge is -2.29. The first-order valence-corrected chi connectivity index (χ1v) is 9.83. The van der Waals surface area contributed by atoms with Gasteiger partial charge in [0.1, 0.15) is 6.04 Å². The topological polar surface area (TPSA) is 69.7 Å². The molecule has 138 valence electrons. The fourth-order valence-corrected chi connectivity index (χ4v) is 4.57. The van der Waals surface area contributed by atoms with Gasteiger partial charge >= 0.3 is 0 Å². The summed E-state index contributed by atoms with van der Waals surface area (Å²) in [6, 6.07) is 3.23. The van der Waals surface area contributed by atoms with E-state index in [1.54, 1.807) is 4.90 Å². The monoisotopic (exact) mass is 420 g/mol. The first-order chi connectivity index (χ1) is 12.9. The molecule has 3 aliphatic rings. The molecule has 3 heterocycles. The van der Waals surface area contributed by atoms with Crippen molar-refractivity contribution >= 4 is 33.7 Å². The fourth-order valence-electron chi connectivity index (χ4n) is 3.98. The van der Waals surface area contributed by atoms with E-state index in [1.807, 2.05) is 12.1 Å². The molecule has 7 heteroatoms. The Hall–Kier alpha value is -1.73. The van der Waals surface area contributed by atoms with Gasteiger partial charge in [0.15, 0.2) is 0 Å². The maximum Gasteiger partial charge on any atom is 0.255 e. The van der Waals surface area contributed by atoms with Crippen molar-refractivity contribution < 1.29 is 15.8 Å². The van der Waals surface area contributed by atoms with E-state index in [0.29, 0.717) is 18.5 Å². The fraction of sp³-hybridized carbons (Fsp3) is 0.526. The van der Waals surface area contributed by atoms with E-state index in [4.69, 9.17) is 1.37 Å². The lowest BCUT2D eigenvalue weighted by atomic mass is 10.0. The lowest BCUT2D eigenvalue weighted by molar-refractivity contribution is -0.136. The Kier molecular flexibility index (Phi) is 4.50.